The zero-order valence-electron chi connectivity index (χ0n) is 13.2. The standard InChI is InChI=1S/C19H21N3O/c23-19(12-14-6-7-15-3-1-4-16(15)11-14)22-10-2-5-18(22)17-13-20-8-9-21-17/h6-9,11,13,18H,1-5,10,12H2/t18-/m1/s1. The fraction of sp³-hybridized carbons (Fsp3) is 0.421. The number of rotatable bonds is 3. The van der Waals surface area contributed by atoms with E-state index in [1.807, 2.05) is 4.90 Å². The number of hydrogen-bond donors (Lipinski definition) is 0. The van der Waals surface area contributed by atoms with E-state index >= 15 is 0 Å². The van der Waals surface area contributed by atoms with Gasteiger partial charge in [0, 0.05) is 18.9 Å². The Kier molecular flexibility index (Phi) is 3.82. The van der Waals surface area contributed by atoms with Gasteiger partial charge in [-0.15, -0.1) is 0 Å². The van der Waals surface area contributed by atoms with Crippen molar-refractivity contribution in [1.29, 1.82) is 0 Å². The number of likely N-dealkylation sites (tertiary alicyclic amines) is 1. The molecule has 0 saturated carbocycles. The molecule has 0 spiro atoms. The van der Waals surface area contributed by atoms with Crippen LogP contribution in [0.5, 0.6) is 0 Å². The average Bonchev–Trinajstić information content (AvgIpc) is 3.24. The SMILES string of the molecule is O=C(Cc1ccc2c(c1)CCC2)N1CCC[C@@H]1c1cnccn1. The smallest absolute Gasteiger partial charge is 0.227 e. The van der Waals surface area contributed by atoms with E-state index < -0.39 is 0 Å². The van der Waals surface area contributed by atoms with E-state index in [1.165, 1.54) is 24.0 Å². The maximum Gasteiger partial charge on any atom is 0.227 e. The van der Waals surface area contributed by atoms with Crippen molar-refractivity contribution in [3.63, 3.8) is 0 Å². The molecule has 1 aromatic carbocycles. The molecule has 0 radical (unpaired) electrons. The van der Waals surface area contributed by atoms with Gasteiger partial charge in [0.25, 0.3) is 0 Å². The van der Waals surface area contributed by atoms with E-state index in [9.17, 15) is 4.79 Å². The Morgan fingerprint density at radius 2 is 2.09 bits per heavy atom. The van der Waals surface area contributed by atoms with Crippen molar-refractivity contribution in [2.24, 2.45) is 0 Å². The summed E-state index contributed by atoms with van der Waals surface area (Å²) < 4.78 is 0. The van der Waals surface area contributed by atoms with E-state index in [4.69, 9.17) is 0 Å². The van der Waals surface area contributed by atoms with Crippen LogP contribution in [0.4, 0.5) is 0 Å². The summed E-state index contributed by atoms with van der Waals surface area (Å²) in [5.74, 6) is 0.205. The molecule has 2 heterocycles. The summed E-state index contributed by atoms with van der Waals surface area (Å²) in [6.45, 7) is 0.824. The Morgan fingerprint density at radius 1 is 1.17 bits per heavy atom. The van der Waals surface area contributed by atoms with Gasteiger partial charge in [-0.2, -0.15) is 0 Å². The summed E-state index contributed by atoms with van der Waals surface area (Å²) in [4.78, 5) is 23.3. The molecular formula is C19H21N3O. The molecular weight excluding hydrogens is 286 g/mol. The predicted octanol–water partition coefficient (Wildman–Crippen LogP) is 2.87. The lowest BCUT2D eigenvalue weighted by molar-refractivity contribution is -0.131. The highest BCUT2D eigenvalue weighted by atomic mass is 16.2. The van der Waals surface area contributed by atoms with Gasteiger partial charge in [0.2, 0.25) is 5.91 Å². The van der Waals surface area contributed by atoms with Crippen LogP contribution in [0.1, 0.15) is 47.7 Å². The molecule has 1 atom stereocenters. The summed E-state index contributed by atoms with van der Waals surface area (Å²) >= 11 is 0. The molecule has 0 unspecified atom stereocenters. The van der Waals surface area contributed by atoms with Crippen molar-refractivity contribution in [3.8, 4) is 0 Å². The minimum Gasteiger partial charge on any atom is -0.334 e. The lowest BCUT2D eigenvalue weighted by Crippen LogP contribution is -2.32. The van der Waals surface area contributed by atoms with Gasteiger partial charge >= 0.3 is 0 Å². The highest BCUT2D eigenvalue weighted by Gasteiger charge is 2.30. The van der Waals surface area contributed by atoms with Gasteiger partial charge in [0.1, 0.15) is 0 Å². The first kappa shape index (κ1) is 14.4. The van der Waals surface area contributed by atoms with Crippen molar-refractivity contribution >= 4 is 5.91 Å². The molecule has 4 heteroatoms. The van der Waals surface area contributed by atoms with E-state index in [2.05, 4.69) is 28.2 Å². The molecule has 118 valence electrons. The number of hydrogen-bond acceptors (Lipinski definition) is 3. The largest absolute Gasteiger partial charge is 0.334 e. The third kappa shape index (κ3) is 2.85. The number of aromatic nitrogens is 2. The van der Waals surface area contributed by atoms with Crippen LogP contribution in [0.15, 0.2) is 36.8 Å². The first-order chi connectivity index (χ1) is 11.3. The molecule has 1 amide bonds. The topological polar surface area (TPSA) is 46.1 Å². The number of fused-ring (bicyclic) bond motifs is 1. The molecule has 1 aromatic heterocycles. The number of benzene rings is 1. The van der Waals surface area contributed by atoms with Crippen LogP contribution in [-0.4, -0.2) is 27.3 Å². The van der Waals surface area contributed by atoms with Crippen molar-refractivity contribution in [2.45, 2.75) is 44.6 Å². The third-order valence-corrected chi connectivity index (χ3v) is 5.02. The molecule has 4 nitrogen and oxygen atoms in total. The van der Waals surface area contributed by atoms with Crippen LogP contribution in [0.2, 0.25) is 0 Å². The van der Waals surface area contributed by atoms with Crippen LogP contribution in [-0.2, 0) is 24.1 Å². The van der Waals surface area contributed by atoms with E-state index in [0.717, 1.165) is 37.1 Å². The number of carbonyl (C=O) groups excluding carboxylic acids is 1. The second kappa shape index (κ2) is 6.11. The summed E-state index contributed by atoms with van der Waals surface area (Å²) in [5, 5.41) is 0. The molecule has 4 rings (SSSR count). The monoisotopic (exact) mass is 307 g/mol. The van der Waals surface area contributed by atoms with Crippen LogP contribution in [0.3, 0.4) is 0 Å². The summed E-state index contributed by atoms with van der Waals surface area (Å²) in [5.41, 5.74) is 4.94. The maximum absolute atomic E-state index is 12.8. The van der Waals surface area contributed by atoms with E-state index in [-0.39, 0.29) is 11.9 Å². The van der Waals surface area contributed by atoms with Gasteiger partial charge in [0.05, 0.1) is 24.4 Å². The maximum atomic E-state index is 12.8. The second-order valence-corrected chi connectivity index (χ2v) is 6.51. The first-order valence-electron chi connectivity index (χ1n) is 8.47. The van der Waals surface area contributed by atoms with E-state index in [0.29, 0.717) is 6.42 Å². The van der Waals surface area contributed by atoms with Crippen molar-refractivity contribution in [1.82, 2.24) is 14.9 Å². The Morgan fingerprint density at radius 3 is 2.96 bits per heavy atom. The number of amides is 1. The highest BCUT2D eigenvalue weighted by Crippen LogP contribution is 2.31. The van der Waals surface area contributed by atoms with Gasteiger partial charge in [-0.25, -0.2) is 0 Å². The number of aryl methyl sites for hydroxylation is 2. The molecule has 1 fully saturated rings. The van der Waals surface area contributed by atoms with Crippen LogP contribution < -0.4 is 0 Å². The zero-order chi connectivity index (χ0) is 15.6. The summed E-state index contributed by atoms with van der Waals surface area (Å²) in [7, 11) is 0. The molecule has 2 aromatic rings. The Bertz CT molecular complexity index is 714. The molecule has 23 heavy (non-hydrogen) atoms. The molecule has 0 N–H and O–H groups in total. The Hall–Kier alpha value is -2.23. The molecule has 0 bridgehead atoms. The zero-order valence-corrected chi connectivity index (χ0v) is 13.2. The normalized spacial score (nSPS) is 19.8. The van der Waals surface area contributed by atoms with Crippen molar-refractivity contribution in [2.75, 3.05) is 6.54 Å². The highest BCUT2D eigenvalue weighted by molar-refractivity contribution is 5.79. The van der Waals surface area contributed by atoms with Crippen molar-refractivity contribution < 1.29 is 4.79 Å². The lowest BCUT2D eigenvalue weighted by atomic mass is 10.0. The van der Waals surface area contributed by atoms with Crippen LogP contribution in [0, 0.1) is 0 Å². The minimum atomic E-state index is 0.0885. The quantitative estimate of drug-likeness (QED) is 0.876. The molecule has 1 saturated heterocycles. The Labute approximate surface area is 136 Å². The minimum absolute atomic E-state index is 0.0885. The van der Waals surface area contributed by atoms with Gasteiger partial charge in [0.15, 0.2) is 0 Å². The fourth-order valence-corrected chi connectivity index (χ4v) is 3.87. The predicted molar refractivity (Wildman–Crippen MR) is 87.9 cm³/mol. The van der Waals surface area contributed by atoms with Gasteiger partial charge in [-0.3, -0.25) is 14.8 Å². The van der Waals surface area contributed by atoms with E-state index in [1.54, 1.807) is 18.6 Å². The molecule has 1 aliphatic heterocycles. The van der Waals surface area contributed by atoms with Gasteiger partial charge in [-0.05, 0) is 48.8 Å². The van der Waals surface area contributed by atoms with Crippen LogP contribution >= 0.6 is 0 Å². The summed E-state index contributed by atoms with van der Waals surface area (Å²) in [6, 6.07) is 6.64. The third-order valence-electron chi connectivity index (χ3n) is 5.02. The number of carbonyl (C=O) groups is 1. The molecule has 1 aliphatic carbocycles. The molecule has 2 aliphatic rings. The average molecular weight is 307 g/mol. The fourth-order valence-electron chi connectivity index (χ4n) is 3.87. The second-order valence-electron chi connectivity index (χ2n) is 6.51. The number of nitrogens with zero attached hydrogens (tertiary/aromatic N) is 3. The lowest BCUT2D eigenvalue weighted by Gasteiger charge is -2.24. The first-order valence-corrected chi connectivity index (χ1v) is 8.47. The van der Waals surface area contributed by atoms with Gasteiger partial charge < -0.3 is 4.90 Å². The Balaban J connectivity index is 1.50. The van der Waals surface area contributed by atoms with Gasteiger partial charge in [-0.1, -0.05) is 18.2 Å². The summed E-state index contributed by atoms with van der Waals surface area (Å²) in [6.07, 6.45) is 11.3. The van der Waals surface area contributed by atoms with Crippen LogP contribution in [0.25, 0.3) is 0 Å². The van der Waals surface area contributed by atoms with Crippen molar-refractivity contribution in [3.05, 3.63) is 59.2 Å².